The molecule has 2 rings (SSSR count). The summed E-state index contributed by atoms with van der Waals surface area (Å²) >= 11 is 0. The van der Waals surface area contributed by atoms with Gasteiger partial charge in [0.25, 0.3) is 0 Å². The summed E-state index contributed by atoms with van der Waals surface area (Å²) in [5.74, 6) is 1.31. The summed E-state index contributed by atoms with van der Waals surface area (Å²) in [7, 11) is -3.66. The number of hydrogen-bond acceptors (Lipinski definition) is 4. The molecular weight excluding hydrogens is 326 g/mol. The van der Waals surface area contributed by atoms with Crippen LogP contribution in [0.1, 0.15) is 52.0 Å². The van der Waals surface area contributed by atoms with E-state index in [1.165, 1.54) is 6.42 Å². The molecule has 0 aliphatic heterocycles. The third-order valence-corrected chi connectivity index (χ3v) is 6.06. The lowest BCUT2D eigenvalue weighted by molar-refractivity contribution is 0.307. The first-order chi connectivity index (χ1) is 11.4. The highest BCUT2D eigenvalue weighted by Crippen LogP contribution is 2.33. The van der Waals surface area contributed by atoms with Gasteiger partial charge in [0.05, 0.1) is 13.2 Å². The number of ether oxygens (including phenoxy) is 2. The molecule has 0 bridgehead atoms. The Labute approximate surface area is 145 Å². The smallest absolute Gasteiger partial charge is 0.244 e. The molecule has 0 radical (unpaired) electrons. The normalized spacial score (nSPS) is 21.5. The van der Waals surface area contributed by atoms with E-state index in [2.05, 4.69) is 11.6 Å². The Hall–Kier alpha value is -1.27. The second-order valence-corrected chi connectivity index (χ2v) is 8.10. The SMILES string of the molecule is CCOc1cc(S(=O)(=O)N[C@H]2CCCC[C@H]2C)c(OCC)cc1C. The summed E-state index contributed by atoms with van der Waals surface area (Å²) in [6, 6.07) is 3.31. The highest BCUT2D eigenvalue weighted by atomic mass is 32.2. The minimum absolute atomic E-state index is 0.0185. The van der Waals surface area contributed by atoms with Crippen molar-refractivity contribution < 1.29 is 17.9 Å². The molecule has 2 atom stereocenters. The van der Waals surface area contributed by atoms with Crippen LogP contribution in [0, 0.1) is 12.8 Å². The van der Waals surface area contributed by atoms with E-state index >= 15 is 0 Å². The van der Waals surface area contributed by atoms with Crippen LogP contribution < -0.4 is 14.2 Å². The standard InChI is InChI=1S/C18H29NO4S/c1-5-22-16-12-18(17(23-6-2)11-14(16)4)24(20,21)19-15-10-8-7-9-13(15)3/h11-13,15,19H,5-10H2,1-4H3/t13-,15+/m1/s1. The van der Waals surface area contributed by atoms with Gasteiger partial charge in [-0.3, -0.25) is 0 Å². The average molecular weight is 356 g/mol. The maximum Gasteiger partial charge on any atom is 0.244 e. The first-order valence-corrected chi connectivity index (χ1v) is 10.3. The van der Waals surface area contributed by atoms with E-state index in [0.717, 1.165) is 24.8 Å². The summed E-state index contributed by atoms with van der Waals surface area (Å²) in [6.07, 6.45) is 4.18. The van der Waals surface area contributed by atoms with Gasteiger partial charge in [-0.25, -0.2) is 13.1 Å². The number of sulfonamides is 1. The Morgan fingerprint density at radius 3 is 2.33 bits per heavy atom. The zero-order valence-corrected chi connectivity index (χ0v) is 15.9. The van der Waals surface area contributed by atoms with Gasteiger partial charge in [0.15, 0.2) is 0 Å². The molecule has 1 aromatic carbocycles. The van der Waals surface area contributed by atoms with Crippen molar-refractivity contribution in [1.82, 2.24) is 4.72 Å². The third kappa shape index (κ3) is 4.42. The van der Waals surface area contributed by atoms with Crippen LogP contribution in [-0.4, -0.2) is 27.7 Å². The first-order valence-electron chi connectivity index (χ1n) is 8.81. The van der Waals surface area contributed by atoms with Crippen LogP contribution in [0.15, 0.2) is 17.0 Å². The molecular formula is C18H29NO4S. The van der Waals surface area contributed by atoms with Crippen LogP contribution in [-0.2, 0) is 10.0 Å². The van der Waals surface area contributed by atoms with Crippen molar-refractivity contribution in [2.45, 2.75) is 64.3 Å². The quantitative estimate of drug-likeness (QED) is 0.811. The minimum atomic E-state index is -3.66. The highest BCUT2D eigenvalue weighted by molar-refractivity contribution is 7.89. The van der Waals surface area contributed by atoms with Crippen molar-refractivity contribution in [1.29, 1.82) is 0 Å². The molecule has 1 aliphatic rings. The molecule has 0 amide bonds. The second kappa shape index (κ2) is 8.21. The second-order valence-electron chi connectivity index (χ2n) is 6.42. The molecule has 0 aromatic heterocycles. The van der Waals surface area contributed by atoms with Gasteiger partial charge in [0, 0.05) is 12.1 Å². The van der Waals surface area contributed by atoms with Crippen molar-refractivity contribution in [2.24, 2.45) is 5.92 Å². The van der Waals surface area contributed by atoms with Gasteiger partial charge >= 0.3 is 0 Å². The van der Waals surface area contributed by atoms with Gasteiger partial charge < -0.3 is 9.47 Å². The molecule has 6 heteroatoms. The molecule has 1 N–H and O–H groups in total. The highest BCUT2D eigenvalue weighted by Gasteiger charge is 2.29. The maximum atomic E-state index is 13.0. The Kier molecular flexibility index (Phi) is 6.52. The Morgan fingerprint density at radius 2 is 1.71 bits per heavy atom. The molecule has 1 fully saturated rings. The Bertz CT molecular complexity index is 657. The van der Waals surface area contributed by atoms with Crippen LogP contribution in [0.3, 0.4) is 0 Å². The van der Waals surface area contributed by atoms with Crippen LogP contribution in [0.5, 0.6) is 11.5 Å². The summed E-state index contributed by atoms with van der Waals surface area (Å²) in [5, 5.41) is 0. The summed E-state index contributed by atoms with van der Waals surface area (Å²) < 4.78 is 40.0. The predicted molar refractivity (Wildman–Crippen MR) is 95.3 cm³/mol. The summed E-state index contributed by atoms with van der Waals surface area (Å²) in [4.78, 5) is 0.163. The van der Waals surface area contributed by atoms with Gasteiger partial charge in [0.2, 0.25) is 10.0 Å². The van der Waals surface area contributed by atoms with Crippen molar-refractivity contribution in [3.63, 3.8) is 0 Å². The fraction of sp³-hybridized carbons (Fsp3) is 0.667. The zero-order valence-electron chi connectivity index (χ0n) is 15.1. The lowest BCUT2D eigenvalue weighted by Crippen LogP contribution is -2.41. The van der Waals surface area contributed by atoms with Gasteiger partial charge in [-0.15, -0.1) is 0 Å². The van der Waals surface area contributed by atoms with Gasteiger partial charge in [0.1, 0.15) is 16.4 Å². The Balaban J connectivity index is 2.37. The minimum Gasteiger partial charge on any atom is -0.494 e. The molecule has 0 saturated heterocycles. The van der Waals surface area contributed by atoms with E-state index in [9.17, 15) is 8.42 Å². The molecule has 1 aromatic rings. The number of aryl methyl sites for hydroxylation is 1. The number of rotatable bonds is 7. The van der Waals surface area contributed by atoms with Crippen molar-refractivity contribution in [2.75, 3.05) is 13.2 Å². The molecule has 5 nitrogen and oxygen atoms in total. The van der Waals surface area contributed by atoms with E-state index < -0.39 is 10.0 Å². The van der Waals surface area contributed by atoms with E-state index in [1.807, 2.05) is 20.8 Å². The number of benzene rings is 1. The predicted octanol–water partition coefficient (Wildman–Crippen LogP) is 3.65. The molecule has 24 heavy (non-hydrogen) atoms. The average Bonchev–Trinajstić information content (AvgIpc) is 2.52. The fourth-order valence-electron chi connectivity index (χ4n) is 3.19. The Morgan fingerprint density at radius 1 is 1.08 bits per heavy atom. The molecule has 0 heterocycles. The van der Waals surface area contributed by atoms with E-state index in [-0.39, 0.29) is 10.9 Å². The molecule has 1 saturated carbocycles. The van der Waals surface area contributed by atoms with Gasteiger partial charge in [-0.1, -0.05) is 19.8 Å². The first kappa shape index (κ1) is 19.1. The maximum absolute atomic E-state index is 13.0. The van der Waals surface area contributed by atoms with Crippen molar-refractivity contribution in [3.8, 4) is 11.5 Å². The fourth-order valence-corrected chi connectivity index (χ4v) is 4.71. The molecule has 136 valence electrons. The lowest BCUT2D eigenvalue weighted by Gasteiger charge is -2.29. The van der Waals surface area contributed by atoms with Crippen LogP contribution in [0.25, 0.3) is 0 Å². The van der Waals surface area contributed by atoms with Crippen LogP contribution in [0.4, 0.5) is 0 Å². The number of nitrogens with one attached hydrogen (secondary N) is 1. The van der Waals surface area contributed by atoms with E-state index in [1.54, 1.807) is 12.1 Å². The summed E-state index contributed by atoms with van der Waals surface area (Å²) in [5.41, 5.74) is 0.866. The monoisotopic (exact) mass is 355 g/mol. The molecule has 1 aliphatic carbocycles. The largest absolute Gasteiger partial charge is 0.494 e. The zero-order chi connectivity index (χ0) is 17.7. The van der Waals surface area contributed by atoms with E-state index in [4.69, 9.17) is 9.47 Å². The molecule has 0 unspecified atom stereocenters. The van der Waals surface area contributed by atoms with Gasteiger partial charge in [-0.05, 0) is 51.2 Å². The summed E-state index contributed by atoms with van der Waals surface area (Å²) in [6.45, 7) is 8.62. The van der Waals surface area contributed by atoms with Gasteiger partial charge in [-0.2, -0.15) is 0 Å². The van der Waals surface area contributed by atoms with Crippen LogP contribution >= 0.6 is 0 Å². The van der Waals surface area contributed by atoms with E-state index in [0.29, 0.717) is 30.6 Å². The number of hydrogen-bond donors (Lipinski definition) is 1. The van der Waals surface area contributed by atoms with Crippen molar-refractivity contribution >= 4 is 10.0 Å². The third-order valence-electron chi connectivity index (χ3n) is 4.55. The molecule has 0 spiro atoms. The van der Waals surface area contributed by atoms with Crippen LogP contribution in [0.2, 0.25) is 0 Å². The van der Waals surface area contributed by atoms with Crippen molar-refractivity contribution in [3.05, 3.63) is 17.7 Å². The topological polar surface area (TPSA) is 64.6 Å². The lowest BCUT2D eigenvalue weighted by atomic mass is 9.87.